The number of sulfonamides is 1. The fourth-order valence-electron chi connectivity index (χ4n) is 2.70. The number of likely N-dealkylation sites (N-methyl/N-ethyl adjacent to an activating group) is 1. The first-order valence-corrected chi connectivity index (χ1v) is 10.6. The molecule has 29 heavy (non-hydrogen) atoms. The van der Waals surface area contributed by atoms with Crippen LogP contribution in [-0.2, 0) is 16.4 Å². The Labute approximate surface area is 168 Å². The molecule has 3 aromatic rings. The normalized spacial score (nSPS) is 12.2. The van der Waals surface area contributed by atoms with E-state index < -0.39 is 15.6 Å². The molecule has 0 saturated carbocycles. The van der Waals surface area contributed by atoms with Gasteiger partial charge in [0, 0.05) is 38.1 Å². The van der Waals surface area contributed by atoms with Gasteiger partial charge in [-0.15, -0.1) is 0 Å². The Kier molecular flexibility index (Phi) is 6.40. The number of rotatable bonds is 8. The molecule has 152 valence electrons. The zero-order chi connectivity index (χ0) is 20.9. The van der Waals surface area contributed by atoms with Crippen LogP contribution in [0.25, 0.3) is 11.0 Å². The van der Waals surface area contributed by atoms with E-state index in [0.717, 1.165) is 11.9 Å². The maximum atomic E-state index is 12.4. The van der Waals surface area contributed by atoms with Crippen molar-refractivity contribution in [3.8, 4) is 5.75 Å². The van der Waals surface area contributed by atoms with E-state index in [4.69, 9.17) is 4.42 Å². The van der Waals surface area contributed by atoms with Gasteiger partial charge in [-0.1, -0.05) is 18.2 Å². The van der Waals surface area contributed by atoms with Crippen molar-refractivity contribution in [3.63, 3.8) is 0 Å². The quantitative estimate of drug-likeness (QED) is 0.443. The number of nitrogens with zero attached hydrogens (tertiary/aromatic N) is 3. The van der Waals surface area contributed by atoms with Crippen LogP contribution in [0.4, 0.5) is 0 Å². The fourth-order valence-corrected chi connectivity index (χ4v) is 3.72. The number of aliphatic imine (C=N–C) groups is 1. The summed E-state index contributed by atoms with van der Waals surface area (Å²) in [4.78, 5) is 20.2. The van der Waals surface area contributed by atoms with Crippen molar-refractivity contribution < 1.29 is 17.9 Å². The highest BCUT2D eigenvalue weighted by Crippen LogP contribution is 2.24. The Bertz CT molecular complexity index is 1170. The van der Waals surface area contributed by atoms with Gasteiger partial charge in [0.2, 0.25) is 10.0 Å². The van der Waals surface area contributed by atoms with E-state index in [2.05, 4.69) is 9.98 Å². The molecule has 1 aromatic carbocycles. The topological polar surface area (TPSA) is 113 Å². The van der Waals surface area contributed by atoms with E-state index in [9.17, 15) is 18.3 Å². The predicted molar refractivity (Wildman–Crippen MR) is 111 cm³/mol. The van der Waals surface area contributed by atoms with Crippen LogP contribution < -0.4 is 5.63 Å². The fraction of sp³-hybridized carbons (Fsp3) is 0.250. The minimum Gasteiger partial charge on any atom is -0.506 e. The van der Waals surface area contributed by atoms with Gasteiger partial charge in [-0.05, 0) is 24.3 Å². The Morgan fingerprint density at radius 1 is 1.21 bits per heavy atom. The van der Waals surface area contributed by atoms with Gasteiger partial charge in [0.25, 0.3) is 0 Å². The van der Waals surface area contributed by atoms with Gasteiger partial charge >= 0.3 is 5.63 Å². The SMILES string of the molecule is CN(CCc1ccccn1)S(=O)(=O)CCN=Cc1c(O)c2ccccc2oc1=O. The molecule has 3 rings (SSSR count). The minimum absolute atomic E-state index is 0.0536. The van der Waals surface area contributed by atoms with Crippen LogP contribution >= 0.6 is 0 Å². The van der Waals surface area contributed by atoms with E-state index in [1.54, 1.807) is 36.5 Å². The summed E-state index contributed by atoms with van der Waals surface area (Å²) in [6, 6.07) is 12.1. The molecule has 0 aliphatic rings. The summed E-state index contributed by atoms with van der Waals surface area (Å²) in [6.07, 6.45) is 3.32. The van der Waals surface area contributed by atoms with Crippen molar-refractivity contribution in [2.45, 2.75) is 6.42 Å². The molecule has 0 fully saturated rings. The Hall–Kier alpha value is -3.04. The molecule has 2 aromatic heterocycles. The highest BCUT2D eigenvalue weighted by molar-refractivity contribution is 7.89. The van der Waals surface area contributed by atoms with Crippen LogP contribution in [0, 0.1) is 0 Å². The number of hydrogen-bond acceptors (Lipinski definition) is 7. The van der Waals surface area contributed by atoms with Gasteiger partial charge in [0.05, 0.1) is 17.7 Å². The predicted octanol–water partition coefficient (Wildman–Crippen LogP) is 1.82. The van der Waals surface area contributed by atoms with Gasteiger partial charge in [-0.2, -0.15) is 0 Å². The van der Waals surface area contributed by atoms with Crippen LogP contribution in [0.5, 0.6) is 5.75 Å². The molecule has 2 heterocycles. The highest BCUT2D eigenvalue weighted by atomic mass is 32.2. The van der Waals surface area contributed by atoms with E-state index in [-0.39, 0.29) is 29.2 Å². The first kappa shape index (κ1) is 20.7. The standard InChI is InChI=1S/C20H21N3O5S/c1-23(12-9-15-6-4-5-10-22-15)29(26,27)13-11-21-14-17-19(24)16-7-2-3-8-18(16)28-20(17)25/h2-8,10,14,24H,9,11-13H2,1H3. The highest BCUT2D eigenvalue weighted by Gasteiger charge is 2.17. The third-order valence-corrected chi connectivity index (χ3v) is 6.23. The van der Waals surface area contributed by atoms with Crippen molar-refractivity contribution in [2.24, 2.45) is 4.99 Å². The molecular formula is C20H21N3O5S. The molecule has 9 heteroatoms. The molecule has 8 nitrogen and oxygen atoms in total. The number of pyridine rings is 1. The maximum absolute atomic E-state index is 12.4. The molecule has 0 amide bonds. The van der Waals surface area contributed by atoms with E-state index >= 15 is 0 Å². The summed E-state index contributed by atoms with van der Waals surface area (Å²) >= 11 is 0. The third kappa shape index (κ3) is 5.07. The largest absolute Gasteiger partial charge is 0.506 e. The molecule has 1 N–H and O–H groups in total. The van der Waals surface area contributed by atoms with Crippen molar-refractivity contribution in [3.05, 3.63) is 70.3 Å². The van der Waals surface area contributed by atoms with E-state index in [0.29, 0.717) is 18.4 Å². The van der Waals surface area contributed by atoms with Crippen molar-refractivity contribution in [1.29, 1.82) is 0 Å². The van der Waals surface area contributed by atoms with Gasteiger partial charge in [0.15, 0.2) is 0 Å². The molecule has 0 spiro atoms. The summed E-state index contributed by atoms with van der Waals surface area (Å²) in [7, 11) is -2.01. The molecule has 0 aliphatic heterocycles. The molecule has 0 saturated heterocycles. The lowest BCUT2D eigenvalue weighted by molar-refractivity contribution is 0.466. The first-order chi connectivity index (χ1) is 13.9. The van der Waals surface area contributed by atoms with E-state index in [1.165, 1.54) is 11.4 Å². The monoisotopic (exact) mass is 415 g/mol. The average molecular weight is 415 g/mol. The summed E-state index contributed by atoms with van der Waals surface area (Å²) < 4.78 is 31.2. The van der Waals surface area contributed by atoms with Crippen molar-refractivity contribution >= 4 is 27.2 Å². The third-order valence-electron chi connectivity index (χ3n) is 4.40. The van der Waals surface area contributed by atoms with Crippen LogP contribution in [0.2, 0.25) is 0 Å². The van der Waals surface area contributed by atoms with Crippen molar-refractivity contribution in [2.75, 3.05) is 25.9 Å². The second-order valence-electron chi connectivity index (χ2n) is 6.39. The molecular weight excluding hydrogens is 394 g/mol. The van der Waals surface area contributed by atoms with Crippen LogP contribution in [-0.4, -0.2) is 54.9 Å². The summed E-state index contributed by atoms with van der Waals surface area (Å²) in [5.41, 5.74) is 0.236. The molecule has 0 unspecified atom stereocenters. The number of para-hydroxylation sites is 1. The minimum atomic E-state index is -3.51. The molecule has 0 radical (unpaired) electrons. The number of aromatic hydroxyl groups is 1. The van der Waals surface area contributed by atoms with Gasteiger partial charge < -0.3 is 9.52 Å². The van der Waals surface area contributed by atoms with Gasteiger partial charge in [0.1, 0.15) is 16.9 Å². The lowest BCUT2D eigenvalue weighted by Crippen LogP contribution is -2.32. The molecule has 0 bridgehead atoms. The number of aromatic nitrogens is 1. The summed E-state index contributed by atoms with van der Waals surface area (Å²) in [5, 5.41) is 10.7. The van der Waals surface area contributed by atoms with Crippen molar-refractivity contribution in [1.82, 2.24) is 9.29 Å². The number of hydrogen-bond donors (Lipinski definition) is 1. The summed E-state index contributed by atoms with van der Waals surface area (Å²) in [5.74, 6) is -0.460. The number of benzene rings is 1. The zero-order valence-corrected chi connectivity index (χ0v) is 16.7. The van der Waals surface area contributed by atoms with Gasteiger partial charge in [-0.25, -0.2) is 17.5 Å². The molecule has 0 aliphatic carbocycles. The smallest absolute Gasteiger partial charge is 0.348 e. The average Bonchev–Trinajstić information content (AvgIpc) is 2.72. The van der Waals surface area contributed by atoms with Gasteiger partial charge in [-0.3, -0.25) is 9.98 Å². The van der Waals surface area contributed by atoms with E-state index in [1.807, 2.05) is 12.1 Å². The first-order valence-electron chi connectivity index (χ1n) is 8.97. The van der Waals surface area contributed by atoms with Crippen LogP contribution in [0.15, 0.2) is 62.9 Å². The second-order valence-corrected chi connectivity index (χ2v) is 8.59. The van der Waals surface area contributed by atoms with Crippen LogP contribution in [0.3, 0.4) is 0 Å². The lowest BCUT2D eigenvalue weighted by Gasteiger charge is -2.16. The second kappa shape index (κ2) is 8.97. The Morgan fingerprint density at radius 2 is 1.97 bits per heavy atom. The van der Waals surface area contributed by atoms with Crippen LogP contribution in [0.1, 0.15) is 11.3 Å². The summed E-state index contributed by atoms with van der Waals surface area (Å²) in [6.45, 7) is 0.250. The Morgan fingerprint density at radius 3 is 2.72 bits per heavy atom. The number of fused-ring (bicyclic) bond motifs is 1. The molecule has 0 atom stereocenters. The lowest BCUT2D eigenvalue weighted by atomic mass is 10.1. The maximum Gasteiger partial charge on any atom is 0.348 e. The zero-order valence-electron chi connectivity index (χ0n) is 15.9. The Balaban J connectivity index is 1.62.